The molecule has 0 fully saturated rings. The molecule has 4 amide bonds. The quantitative estimate of drug-likeness (QED) is 0.270. The standard InChI is InChI=1S/C32H47N7O7/c1-7-24-30(45)36-21(15-18(4)5)28(43)35-23(17-26(40)41)29(44)34-22(16-20-13-11-10-12-14-20)27(42)33-19(6)31-37-38-32(46-31)25(8-2)39(24)9-3/h10-14,18-19,21-25H,7-9,15-17H2,1-6H3,(H,33,42)(H,34,44)(H,35,43)(H,36,45)(H,40,41)/t19-,21-,22+,23?,24-,25?/m0/s1. The van der Waals surface area contributed by atoms with Crippen LogP contribution in [-0.4, -0.2) is 80.5 Å². The van der Waals surface area contributed by atoms with Crippen LogP contribution in [0, 0.1) is 5.92 Å². The van der Waals surface area contributed by atoms with Crippen molar-refractivity contribution in [2.45, 2.75) is 110 Å². The lowest BCUT2D eigenvalue weighted by Gasteiger charge is -2.35. The Labute approximate surface area is 269 Å². The van der Waals surface area contributed by atoms with E-state index in [1.807, 2.05) is 45.6 Å². The zero-order valence-electron chi connectivity index (χ0n) is 27.4. The number of nitrogens with one attached hydrogen (secondary N) is 4. The van der Waals surface area contributed by atoms with E-state index in [-0.39, 0.29) is 30.5 Å². The first-order chi connectivity index (χ1) is 21.9. The highest BCUT2D eigenvalue weighted by molar-refractivity contribution is 5.96. The van der Waals surface area contributed by atoms with Crippen molar-refractivity contribution < 1.29 is 33.5 Å². The van der Waals surface area contributed by atoms with Gasteiger partial charge in [0.1, 0.15) is 24.2 Å². The third-order valence-electron chi connectivity index (χ3n) is 7.98. The van der Waals surface area contributed by atoms with E-state index in [0.717, 1.165) is 5.56 Å². The van der Waals surface area contributed by atoms with Gasteiger partial charge in [0.2, 0.25) is 35.4 Å². The van der Waals surface area contributed by atoms with Crippen LogP contribution in [0.4, 0.5) is 0 Å². The second kappa shape index (κ2) is 16.8. The van der Waals surface area contributed by atoms with Gasteiger partial charge < -0.3 is 30.8 Å². The minimum atomic E-state index is -1.52. The number of aliphatic carboxylic acids is 1. The first kappa shape index (κ1) is 36.1. The van der Waals surface area contributed by atoms with Crippen molar-refractivity contribution in [2.75, 3.05) is 6.54 Å². The number of carbonyl (C=O) groups is 5. The molecule has 3 rings (SSSR count). The fourth-order valence-corrected chi connectivity index (χ4v) is 5.67. The van der Waals surface area contributed by atoms with E-state index in [4.69, 9.17) is 4.42 Å². The van der Waals surface area contributed by atoms with Crippen LogP contribution >= 0.6 is 0 Å². The molecule has 2 bridgehead atoms. The normalized spacial score (nSPS) is 25.5. The predicted octanol–water partition coefficient (Wildman–Crippen LogP) is 2.03. The first-order valence-electron chi connectivity index (χ1n) is 15.9. The number of hydrogen-bond donors (Lipinski definition) is 5. The van der Waals surface area contributed by atoms with Crippen LogP contribution < -0.4 is 21.3 Å². The van der Waals surface area contributed by atoms with Crippen LogP contribution in [0.3, 0.4) is 0 Å². The van der Waals surface area contributed by atoms with Crippen LogP contribution in [0.2, 0.25) is 0 Å². The monoisotopic (exact) mass is 641 g/mol. The third kappa shape index (κ3) is 9.59. The summed E-state index contributed by atoms with van der Waals surface area (Å²) in [4.78, 5) is 68.3. The van der Waals surface area contributed by atoms with Crippen LogP contribution in [-0.2, 0) is 30.4 Å². The van der Waals surface area contributed by atoms with Crippen molar-refractivity contribution >= 4 is 29.6 Å². The Bertz CT molecular complexity index is 1350. The molecular weight excluding hydrogens is 594 g/mol. The van der Waals surface area contributed by atoms with Gasteiger partial charge in [0.25, 0.3) is 0 Å². The van der Waals surface area contributed by atoms with Crippen molar-refractivity contribution in [3.8, 4) is 0 Å². The SMILES string of the molecule is CCC1c2nnc(o2)[C@H](C)NC(=O)[C@@H](Cc2ccccc2)NC(=O)C(CC(=O)O)NC(=O)[C@H](CC(C)C)NC(=O)[C@H](CC)N1CC. The van der Waals surface area contributed by atoms with Crippen LogP contribution in [0.1, 0.15) is 96.7 Å². The minimum Gasteiger partial charge on any atom is -0.481 e. The summed E-state index contributed by atoms with van der Waals surface area (Å²) in [7, 11) is 0. The zero-order chi connectivity index (χ0) is 34.0. The fraction of sp³-hybridized carbons (Fsp3) is 0.594. The number of fused-ring (bicyclic) bond motifs is 2. The summed E-state index contributed by atoms with van der Waals surface area (Å²) in [6.45, 7) is 11.6. The molecule has 46 heavy (non-hydrogen) atoms. The van der Waals surface area contributed by atoms with E-state index in [9.17, 15) is 29.1 Å². The Morgan fingerprint density at radius 3 is 1.98 bits per heavy atom. The Hall–Kier alpha value is -4.33. The topological polar surface area (TPSA) is 196 Å². The van der Waals surface area contributed by atoms with Crippen molar-refractivity contribution in [1.29, 1.82) is 0 Å². The molecule has 0 aliphatic carbocycles. The summed E-state index contributed by atoms with van der Waals surface area (Å²) in [6, 6.07) is 3.45. The highest BCUT2D eigenvalue weighted by Gasteiger charge is 2.37. The maximum absolute atomic E-state index is 13.8. The Balaban J connectivity index is 2.10. The molecule has 0 saturated heterocycles. The lowest BCUT2D eigenvalue weighted by molar-refractivity contribution is -0.141. The summed E-state index contributed by atoms with van der Waals surface area (Å²) in [5.41, 5.74) is 0.743. The Kier molecular flexibility index (Phi) is 13.2. The fourth-order valence-electron chi connectivity index (χ4n) is 5.67. The molecule has 2 unspecified atom stereocenters. The largest absolute Gasteiger partial charge is 0.481 e. The lowest BCUT2D eigenvalue weighted by Crippen LogP contribution is -2.59. The van der Waals surface area contributed by atoms with Gasteiger partial charge >= 0.3 is 5.97 Å². The summed E-state index contributed by atoms with van der Waals surface area (Å²) in [6.07, 6.45) is 0.537. The predicted molar refractivity (Wildman–Crippen MR) is 168 cm³/mol. The van der Waals surface area contributed by atoms with E-state index >= 15 is 0 Å². The Morgan fingerprint density at radius 1 is 0.826 bits per heavy atom. The third-order valence-corrected chi connectivity index (χ3v) is 7.98. The number of amides is 4. The number of carboxylic acids is 1. The Morgan fingerprint density at radius 2 is 1.39 bits per heavy atom. The molecule has 1 aliphatic rings. The van der Waals surface area contributed by atoms with Gasteiger partial charge in [-0.1, -0.05) is 65.0 Å². The van der Waals surface area contributed by atoms with E-state index in [1.54, 1.807) is 31.2 Å². The van der Waals surface area contributed by atoms with Gasteiger partial charge in [0.05, 0.1) is 18.5 Å². The van der Waals surface area contributed by atoms with Gasteiger partial charge in [-0.05, 0) is 44.2 Å². The maximum atomic E-state index is 13.8. The summed E-state index contributed by atoms with van der Waals surface area (Å²) in [5, 5.41) is 28.9. The number of nitrogens with zero attached hydrogens (tertiary/aromatic N) is 3. The van der Waals surface area contributed by atoms with Gasteiger partial charge in [0.15, 0.2) is 0 Å². The van der Waals surface area contributed by atoms with Gasteiger partial charge in [-0.3, -0.25) is 28.9 Å². The number of benzene rings is 1. The van der Waals surface area contributed by atoms with Crippen LogP contribution in [0.5, 0.6) is 0 Å². The summed E-state index contributed by atoms with van der Waals surface area (Å²) < 4.78 is 6.05. The molecule has 5 N–H and O–H groups in total. The van der Waals surface area contributed by atoms with E-state index < -0.39 is 72.3 Å². The van der Waals surface area contributed by atoms with Gasteiger partial charge in [-0.25, -0.2) is 0 Å². The van der Waals surface area contributed by atoms with Crippen molar-refractivity contribution in [1.82, 2.24) is 36.4 Å². The van der Waals surface area contributed by atoms with Crippen molar-refractivity contribution in [3.63, 3.8) is 0 Å². The molecule has 14 nitrogen and oxygen atoms in total. The van der Waals surface area contributed by atoms with Crippen LogP contribution in [0.15, 0.2) is 34.7 Å². The number of hydrogen-bond acceptors (Lipinski definition) is 9. The average Bonchev–Trinajstić information content (AvgIpc) is 3.49. The maximum Gasteiger partial charge on any atom is 0.305 e. The molecule has 1 aromatic heterocycles. The van der Waals surface area contributed by atoms with E-state index in [2.05, 4.69) is 31.5 Å². The number of rotatable bonds is 9. The number of aromatic nitrogens is 2. The molecule has 6 atom stereocenters. The van der Waals surface area contributed by atoms with Crippen molar-refractivity contribution in [3.05, 3.63) is 47.7 Å². The second-order valence-electron chi connectivity index (χ2n) is 12.0. The number of carboxylic acid groups (broad SMARTS) is 1. The molecule has 0 saturated carbocycles. The molecular formula is C32H47N7O7. The van der Waals surface area contributed by atoms with Gasteiger partial charge in [-0.15, -0.1) is 10.2 Å². The second-order valence-corrected chi connectivity index (χ2v) is 12.0. The summed E-state index contributed by atoms with van der Waals surface area (Å²) in [5.74, 6) is -3.43. The van der Waals surface area contributed by atoms with Crippen molar-refractivity contribution in [2.24, 2.45) is 5.92 Å². The number of likely N-dealkylation sites (N-methyl/N-ethyl adjacent to an activating group) is 1. The molecule has 0 spiro atoms. The molecule has 0 radical (unpaired) electrons. The highest BCUT2D eigenvalue weighted by Crippen LogP contribution is 2.28. The highest BCUT2D eigenvalue weighted by atomic mass is 16.4. The summed E-state index contributed by atoms with van der Waals surface area (Å²) >= 11 is 0. The zero-order valence-corrected chi connectivity index (χ0v) is 27.4. The molecule has 14 heteroatoms. The molecule has 2 aromatic rings. The molecule has 252 valence electrons. The minimum absolute atomic E-state index is 0.0239. The van der Waals surface area contributed by atoms with Gasteiger partial charge in [-0.2, -0.15) is 0 Å². The van der Waals surface area contributed by atoms with E-state index in [1.165, 1.54) is 0 Å². The van der Waals surface area contributed by atoms with Crippen LogP contribution in [0.25, 0.3) is 0 Å². The molecule has 2 heterocycles. The smallest absolute Gasteiger partial charge is 0.305 e. The van der Waals surface area contributed by atoms with Gasteiger partial charge in [0, 0.05) is 6.42 Å². The molecule has 1 aromatic carbocycles. The van der Waals surface area contributed by atoms with E-state index in [0.29, 0.717) is 19.4 Å². The lowest BCUT2D eigenvalue weighted by atomic mass is 10.0. The first-order valence-corrected chi connectivity index (χ1v) is 15.9. The average molecular weight is 642 g/mol. The number of carbonyl (C=O) groups excluding carboxylic acids is 4. The molecule has 1 aliphatic heterocycles.